The standard InChI is InChI=1S/C19H20N8O3/c1-24-9-13(8-23-24)14-5-4-12(6-20-14)7-21-15(28)10-27-11-22-17-16(27)18(29)26(3)19(30)25(17)2/h4-6,8-9,11H,7,10H2,1-3H3,(H,21,28). The normalized spacial score (nSPS) is 11.2. The molecule has 4 aromatic rings. The average molecular weight is 408 g/mol. The second-order valence-corrected chi connectivity index (χ2v) is 6.98. The second-order valence-electron chi connectivity index (χ2n) is 6.98. The molecule has 4 rings (SSSR count). The van der Waals surface area contributed by atoms with E-state index >= 15 is 0 Å². The van der Waals surface area contributed by atoms with Crippen LogP contribution in [0.4, 0.5) is 0 Å². The Morgan fingerprint density at radius 3 is 2.53 bits per heavy atom. The fraction of sp³-hybridized carbons (Fsp3) is 0.263. The topological polar surface area (TPSA) is 122 Å². The van der Waals surface area contributed by atoms with Crippen LogP contribution in [0.5, 0.6) is 0 Å². The summed E-state index contributed by atoms with van der Waals surface area (Å²) in [6.07, 6.45) is 6.69. The molecule has 0 bridgehead atoms. The van der Waals surface area contributed by atoms with Gasteiger partial charge in [0, 0.05) is 45.6 Å². The van der Waals surface area contributed by atoms with E-state index in [9.17, 15) is 14.4 Å². The molecule has 1 amide bonds. The van der Waals surface area contributed by atoms with Crippen LogP contribution in [-0.4, -0.2) is 39.4 Å². The third-order valence-corrected chi connectivity index (χ3v) is 4.85. The summed E-state index contributed by atoms with van der Waals surface area (Å²) in [6.45, 7) is 0.202. The maximum absolute atomic E-state index is 12.4. The highest BCUT2D eigenvalue weighted by Crippen LogP contribution is 2.15. The number of nitrogens with one attached hydrogen (secondary N) is 1. The number of amides is 1. The van der Waals surface area contributed by atoms with Crippen LogP contribution in [-0.2, 0) is 39.0 Å². The molecule has 0 radical (unpaired) electrons. The first-order chi connectivity index (χ1) is 14.3. The molecular formula is C19H20N8O3. The van der Waals surface area contributed by atoms with E-state index < -0.39 is 11.2 Å². The maximum atomic E-state index is 12.4. The summed E-state index contributed by atoms with van der Waals surface area (Å²) in [5.74, 6) is -0.290. The summed E-state index contributed by atoms with van der Waals surface area (Å²) in [5, 5.41) is 6.93. The lowest BCUT2D eigenvalue weighted by Crippen LogP contribution is -2.38. The van der Waals surface area contributed by atoms with E-state index in [-0.39, 0.29) is 23.6 Å². The van der Waals surface area contributed by atoms with E-state index in [4.69, 9.17) is 0 Å². The molecule has 4 aromatic heterocycles. The van der Waals surface area contributed by atoms with Crippen molar-refractivity contribution in [2.75, 3.05) is 0 Å². The summed E-state index contributed by atoms with van der Waals surface area (Å²) < 4.78 is 5.42. The minimum atomic E-state index is -0.492. The zero-order chi connectivity index (χ0) is 21.4. The highest BCUT2D eigenvalue weighted by atomic mass is 16.2. The molecule has 0 aliphatic rings. The molecule has 1 N–H and O–H groups in total. The van der Waals surface area contributed by atoms with E-state index in [0.29, 0.717) is 6.54 Å². The number of nitrogens with zero attached hydrogens (tertiary/aromatic N) is 7. The van der Waals surface area contributed by atoms with Gasteiger partial charge in [-0.1, -0.05) is 6.07 Å². The van der Waals surface area contributed by atoms with Crippen molar-refractivity contribution in [2.24, 2.45) is 21.1 Å². The Balaban J connectivity index is 1.46. The highest BCUT2D eigenvalue weighted by molar-refractivity contribution is 5.78. The van der Waals surface area contributed by atoms with Crippen molar-refractivity contribution >= 4 is 17.1 Å². The van der Waals surface area contributed by atoms with Crippen molar-refractivity contribution in [1.29, 1.82) is 0 Å². The number of carbonyl (C=O) groups excluding carboxylic acids is 1. The van der Waals surface area contributed by atoms with Gasteiger partial charge >= 0.3 is 5.69 Å². The van der Waals surface area contributed by atoms with Crippen molar-refractivity contribution in [2.45, 2.75) is 13.1 Å². The van der Waals surface area contributed by atoms with Crippen LogP contribution >= 0.6 is 0 Å². The molecule has 4 heterocycles. The number of aryl methyl sites for hydroxylation is 2. The molecule has 0 spiro atoms. The van der Waals surface area contributed by atoms with Gasteiger partial charge in [0.2, 0.25) is 5.91 Å². The Morgan fingerprint density at radius 2 is 1.87 bits per heavy atom. The van der Waals surface area contributed by atoms with E-state index in [1.165, 1.54) is 29.6 Å². The highest BCUT2D eigenvalue weighted by Gasteiger charge is 2.15. The number of pyridine rings is 1. The molecule has 11 heteroatoms. The van der Waals surface area contributed by atoms with Gasteiger partial charge in [0.25, 0.3) is 5.56 Å². The Labute approximate surface area is 170 Å². The van der Waals surface area contributed by atoms with E-state index in [1.807, 2.05) is 25.4 Å². The average Bonchev–Trinajstić information content (AvgIpc) is 3.36. The summed E-state index contributed by atoms with van der Waals surface area (Å²) >= 11 is 0. The first kappa shape index (κ1) is 19.3. The monoisotopic (exact) mass is 408 g/mol. The van der Waals surface area contributed by atoms with E-state index in [0.717, 1.165) is 21.4 Å². The van der Waals surface area contributed by atoms with Gasteiger partial charge in [-0.2, -0.15) is 5.10 Å². The smallest absolute Gasteiger partial charge is 0.332 e. The quantitative estimate of drug-likeness (QED) is 0.477. The lowest BCUT2D eigenvalue weighted by Gasteiger charge is -2.08. The summed E-state index contributed by atoms with van der Waals surface area (Å²) in [5.41, 5.74) is 2.03. The molecule has 0 saturated heterocycles. The van der Waals surface area contributed by atoms with Gasteiger partial charge in [0.1, 0.15) is 6.54 Å². The molecule has 0 unspecified atom stereocenters. The number of rotatable bonds is 5. The van der Waals surface area contributed by atoms with Crippen LogP contribution in [0.3, 0.4) is 0 Å². The zero-order valence-electron chi connectivity index (χ0n) is 16.7. The van der Waals surface area contributed by atoms with Crippen LogP contribution in [0.15, 0.2) is 46.6 Å². The fourth-order valence-corrected chi connectivity index (χ4v) is 3.18. The van der Waals surface area contributed by atoms with Crippen LogP contribution in [0, 0.1) is 0 Å². The molecular weight excluding hydrogens is 388 g/mol. The van der Waals surface area contributed by atoms with Crippen molar-refractivity contribution < 1.29 is 4.79 Å². The molecule has 11 nitrogen and oxygen atoms in total. The van der Waals surface area contributed by atoms with Crippen molar-refractivity contribution in [1.82, 2.24) is 38.8 Å². The van der Waals surface area contributed by atoms with Crippen molar-refractivity contribution in [3.63, 3.8) is 0 Å². The molecule has 0 atom stereocenters. The molecule has 30 heavy (non-hydrogen) atoms. The predicted octanol–water partition coefficient (Wildman–Crippen LogP) is -0.454. The lowest BCUT2D eigenvalue weighted by atomic mass is 10.2. The lowest BCUT2D eigenvalue weighted by molar-refractivity contribution is -0.121. The summed E-state index contributed by atoms with van der Waals surface area (Å²) in [6, 6.07) is 3.75. The van der Waals surface area contributed by atoms with Crippen LogP contribution < -0.4 is 16.6 Å². The molecule has 154 valence electrons. The largest absolute Gasteiger partial charge is 0.350 e. The molecule has 0 aliphatic heterocycles. The number of fused-ring (bicyclic) bond motifs is 1. The fourth-order valence-electron chi connectivity index (χ4n) is 3.18. The number of carbonyl (C=O) groups is 1. The van der Waals surface area contributed by atoms with E-state index in [1.54, 1.807) is 17.1 Å². The third kappa shape index (κ3) is 3.41. The SMILES string of the molecule is Cn1cc(-c2ccc(CNC(=O)Cn3cnc4c3c(=O)n(C)c(=O)n4C)cn2)cn1. The first-order valence-electron chi connectivity index (χ1n) is 9.16. The Kier molecular flexibility index (Phi) is 4.78. The minimum absolute atomic E-state index is 0.0921. The maximum Gasteiger partial charge on any atom is 0.332 e. The molecule has 0 aromatic carbocycles. The van der Waals surface area contributed by atoms with Gasteiger partial charge in [0.15, 0.2) is 11.2 Å². The van der Waals surface area contributed by atoms with Gasteiger partial charge in [-0.3, -0.25) is 28.4 Å². The van der Waals surface area contributed by atoms with Gasteiger partial charge < -0.3 is 9.88 Å². The van der Waals surface area contributed by atoms with Gasteiger partial charge in [-0.05, 0) is 11.6 Å². The number of hydrogen-bond donors (Lipinski definition) is 1. The first-order valence-corrected chi connectivity index (χ1v) is 9.16. The number of imidazole rings is 1. The Bertz CT molecular complexity index is 1360. The minimum Gasteiger partial charge on any atom is -0.350 e. The molecule has 0 saturated carbocycles. The number of hydrogen-bond acceptors (Lipinski definition) is 6. The molecule has 0 aliphatic carbocycles. The molecule has 0 fully saturated rings. The third-order valence-electron chi connectivity index (χ3n) is 4.85. The predicted molar refractivity (Wildman–Crippen MR) is 109 cm³/mol. The van der Waals surface area contributed by atoms with Gasteiger partial charge in [0.05, 0.1) is 18.2 Å². The Morgan fingerprint density at radius 1 is 1.07 bits per heavy atom. The van der Waals surface area contributed by atoms with E-state index in [2.05, 4.69) is 20.4 Å². The van der Waals surface area contributed by atoms with Crippen LogP contribution in [0.25, 0.3) is 22.4 Å². The van der Waals surface area contributed by atoms with Crippen molar-refractivity contribution in [3.05, 3.63) is 63.5 Å². The van der Waals surface area contributed by atoms with Gasteiger partial charge in [-0.25, -0.2) is 9.78 Å². The zero-order valence-corrected chi connectivity index (χ0v) is 16.7. The van der Waals surface area contributed by atoms with Gasteiger partial charge in [-0.15, -0.1) is 0 Å². The summed E-state index contributed by atoms with van der Waals surface area (Å²) in [4.78, 5) is 45.3. The van der Waals surface area contributed by atoms with Crippen LogP contribution in [0.2, 0.25) is 0 Å². The van der Waals surface area contributed by atoms with Crippen molar-refractivity contribution in [3.8, 4) is 11.3 Å². The Hall–Kier alpha value is -4.02. The summed E-state index contributed by atoms with van der Waals surface area (Å²) in [7, 11) is 4.76. The second kappa shape index (κ2) is 7.43. The van der Waals surface area contributed by atoms with Crippen LogP contribution in [0.1, 0.15) is 5.56 Å². The number of aromatic nitrogens is 7.